The second kappa shape index (κ2) is 21.2. The van der Waals surface area contributed by atoms with Crippen molar-refractivity contribution in [2.45, 2.75) is 83.0 Å². The number of likely N-dealkylation sites (tertiary alicyclic amines) is 2. The second-order valence-corrected chi connectivity index (χ2v) is 20.3. The summed E-state index contributed by atoms with van der Waals surface area (Å²) < 4.78 is 15.1. The van der Waals surface area contributed by atoms with Gasteiger partial charge in [-0.3, -0.25) is 33.8 Å². The van der Waals surface area contributed by atoms with Crippen LogP contribution >= 0.6 is 23.2 Å². The molecule has 4 aliphatic rings. The number of carbonyl (C=O) groups excluding carboxylic acids is 2. The molecule has 1 atom stereocenters. The van der Waals surface area contributed by atoms with Gasteiger partial charge in [0.05, 0.1) is 40.8 Å². The number of halogens is 2. The number of para-hydroxylation sites is 1. The Balaban J connectivity index is 0.704. The van der Waals surface area contributed by atoms with Gasteiger partial charge in [0.1, 0.15) is 24.1 Å². The molecule has 3 aromatic carbocycles. The lowest BCUT2D eigenvalue weighted by Crippen LogP contribution is -2.54. The smallest absolute Gasteiger partial charge is 0.329 e. The number of fused-ring (bicyclic) bond motifs is 1. The normalized spacial score (nSPS) is 19.5. The molecule has 15 nitrogen and oxygen atoms in total. The number of anilines is 1. The Kier molecular flexibility index (Phi) is 14.9. The molecule has 1 N–H and O–H groups in total. The first-order chi connectivity index (χ1) is 33.4. The molecule has 6 heterocycles. The van der Waals surface area contributed by atoms with Gasteiger partial charge in [-0.05, 0) is 117 Å². The number of piperazine rings is 1. The monoisotopic (exact) mass is 976 g/mol. The Hall–Kier alpha value is -5.50. The van der Waals surface area contributed by atoms with E-state index in [2.05, 4.69) is 54.7 Å². The summed E-state index contributed by atoms with van der Waals surface area (Å²) in [6, 6.07) is 19.5. The van der Waals surface area contributed by atoms with Crippen LogP contribution in [0.3, 0.4) is 0 Å². The molecule has 364 valence electrons. The maximum Gasteiger partial charge on any atom is 0.329 e. The molecule has 4 fully saturated rings. The minimum Gasteiger partial charge on any atom is -0.502 e. The lowest BCUT2D eigenvalue weighted by molar-refractivity contribution is -0.135. The minimum absolute atomic E-state index is 0.225. The van der Waals surface area contributed by atoms with E-state index >= 15 is 0 Å². The molecule has 0 saturated carbocycles. The van der Waals surface area contributed by atoms with E-state index in [0.717, 1.165) is 123 Å². The van der Waals surface area contributed by atoms with Crippen LogP contribution in [0.1, 0.15) is 80.8 Å². The van der Waals surface area contributed by atoms with Crippen LogP contribution in [0.25, 0.3) is 15.9 Å². The molecule has 9 rings (SSSR count). The van der Waals surface area contributed by atoms with E-state index in [-0.39, 0.29) is 24.6 Å². The van der Waals surface area contributed by atoms with E-state index < -0.39 is 17.4 Å². The topological polar surface area (TPSA) is 135 Å². The van der Waals surface area contributed by atoms with Crippen molar-refractivity contribution >= 4 is 57.7 Å². The highest BCUT2D eigenvalue weighted by Crippen LogP contribution is 2.42. The first-order valence-electron chi connectivity index (χ1n) is 24.3. The van der Waals surface area contributed by atoms with Crippen molar-refractivity contribution in [1.82, 2.24) is 39.1 Å². The Morgan fingerprint density at radius 3 is 2.32 bits per heavy atom. The van der Waals surface area contributed by atoms with Crippen molar-refractivity contribution in [2.75, 3.05) is 76.3 Å². The minimum atomic E-state index is -0.681. The summed E-state index contributed by atoms with van der Waals surface area (Å²) in [6.07, 6.45) is 7.07. The predicted molar refractivity (Wildman–Crippen MR) is 269 cm³/mol. The number of piperidine rings is 3. The number of benzene rings is 3. The van der Waals surface area contributed by atoms with Crippen LogP contribution in [-0.2, 0) is 35.2 Å². The van der Waals surface area contributed by atoms with Crippen molar-refractivity contribution < 1.29 is 19.1 Å². The fraction of sp³-hybridized carbons (Fsp3) is 0.500. The third-order valence-corrected chi connectivity index (χ3v) is 15.3. The Morgan fingerprint density at radius 1 is 0.870 bits per heavy atom. The molecule has 0 bridgehead atoms. The Morgan fingerprint density at radius 2 is 1.61 bits per heavy atom. The summed E-state index contributed by atoms with van der Waals surface area (Å²) in [6.45, 7) is 22.5. The largest absolute Gasteiger partial charge is 0.502 e. The van der Waals surface area contributed by atoms with E-state index in [1.165, 1.54) is 12.8 Å². The zero-order valence-corrected chi connectivity index (χ0v) is 41.4. The molecule has 2 amide bonds. The third-order valence-electron chi connectivity index (χ3n) is 14.8. The van der Waals surface area contributed by atoms with Gasteiger partial charge in [-0.2, -0.15) is 0 Å². The number of amides is 2. The quantitative estimate of drug-likeness (QED) is 0.0642. The average molecular weight is 978 g/mol. The summed E-state index contributed by atoms with van der Waals surface area (Å²) in [5.41, 5.74) is 5.20. The van der Waals surface area contributed by atoms with E-state index in [9.17, 15) is 14.4 Å². The number of hydrogen-bond donors (Lipinski definition) is 1. The molecule has 1 unspecified atom stereocenters. The molecule has 0 radical (unpaired) electrons. The lowest BCUT2D eigenvalue weighted by Gasteiger charge is -2.43. The predicted octanol–water partition coefficient (Wildman–Crippen LogP) is 7.33. The van der Waals surface area contributed by atoms with Gasteiger partial charge in [0, 0.05) is 70.4 Å². The Bertz CT molecular complexity index is 2750. The molecule has 0 spiro atoms. The number of aryl methyl sites for hydroxylation is 1. The van der Waals surface area contributed by atoms with E-state index in [1.54, 1.807) is 16.2 Å². The summed E-state index contributed by atoms with van der Waals surface area (Å²) in [4.78, 5) is 61.3. The van der Waals surface area contributed by atoms with Crippen LogP contribution < -0.4 is 25.4 Å². The fourth-order valence-electron chi connectivity index (χ4n) is 10.8. The highest BCUT2D eigenvalue weighted by atomic mass is 35.5. The van der Waals surface area contributed by atoms with Gasteiger partial charge < -0.3 is 19.3 Å². The number of nitrogens with one attached hydrogen (secondary N) is 1. The number of nitrogens with zero attached hydrogens (tertiary/aromatic N) is 9. The summed E-state index contributed by atoms with van der Waals surface area (Å²) >= 11 is 12.4. The molecule has 4 saturated heterocycles. The van der Waals surface area contributed by atoms with Crippen molar-refractivity contribution in [3.8, 4) is 11.5 Å². The number of aromatic nitrogens is 4. The standard InChI is InChI=1S/C52H62Cl2N10O5/c1-52(2,38-30-42(54)48(68-29-19-53)43(31-38)55-3)37-8-10-41(11-9-37)69-34-39-14-20-56-50(57-39)63-27-25-62(26-28-63)40-17-23-60(24-18-40)32-35-15-21-61(22-16-35)33-36-6-5-7-44-47(36)59(4)51(67)64(44)45-12-13-46(65)58-49(45)66/h5-11,14,20,30-31,35,40,45H,12-13,15-19,21-29,32-34H2,1-2,4H3,(H,58,65,66). The van der Waals surface area contributed by atoms with Gasteiger partial charge in [0.15, 0.2) is 0 Å². The molecule has 5 aromatic rings. The van der Waals surface area contributed by atoms with Crippen LogP contribution in [-0.4, -0.2) is 123 Å². The van der Waals surface area contributed by atoms with Crippen LogP contribution in [0.5, 0.6) is 11.5 Å². The zero-order valence-electron chi connectivity index (χ0n) is 39.8. The van der Waals surface area contributed by atoms with Gasteiger partial charge >= 0.3 is 5.69 Å². The van der Waals surface area contributed by atoms with Crippen LogP contribution in [0.2, 0.25) is 5.02 Å². The number of imidazole rings is 1. The number of alkyl halides is 1. The van der Waals surface area contributed by atoms with Gasteiger partial charge in [-0.1, -0.05) is 49.7 Å². The van der Waals surface area contributed by atoms with Gasteiger partial charge in [-0.25, -0.2) is 19.6 Å². The summed E-state index contributed by atoms with van der Waals surface area (Å²) in [5, 5.41) is 2.80. The van der Waals surface area contributed by atoms with Crippen LogP contribution in [0, 0.1) is 12.5 Å². The van der Waals surface area contributed by atoms with Gasteiger partial charge in [0.25, 0.3) is 0 Å². The summed E-state index contributed by atoms with van der Waals surface area (Å²) in [7, 11) is 1.78. The highest BCUT2D eigenvalue weighted by molar-refractivity contribution is 6.32. The molecule has 17 heteroatoms. The third kappa shape index (κ3) is 10.7. The number of imide groups is 1. The second-order valence-electron chi connectivity index (χ2n) is 19.5. The van der Waals surface area contributed by atoms with Gasteiger partial charge in [0.2, 0.25) is 23.5 Å². The van der Waals surface area contributed by atoms with Crippen molar-refractivity contribution in [2.24, 2.45) is 13.0 Å². The molecule has 2 aromatic heterocycles. The maximum atomic E-state index is 13.4. The lowest BCUT2D eigenvalue weighted by atomic mass is 9.78. The number of hydrogen-bond acceptors (Lipinski definition) is 11. The van der Waals surface area contributed by atoms with Crippen molar-refractivity contribution in [3.05, 3.63) is 116 Å². The number of carbonyl (C=O) groups is 2. The molecule has 0 aliphatic carbocycles. The SMILES string of the molecule is [C-]#[N+]c1cc(C(C)(C)c2ccc(OCc3ccnc(N4CCN(C5CCN(CC6CCN(Cc7cccc8c7n(C)c(=O)n8C7CCC(=O)NC7=O)CC6)CC5)CC4)n3)cc2)cc(Cl)c1OCCCl. The van der Waals surface area contributed by atoms with E-state index in [4.69, 9.17) is 44.2 Å². The van der Waals surface area contributed by atoms with Crippen molar-refractivity contribution in [3.63, 3.8) is 0 Å². The first-order valence-corrected chi connectivity index (χ1v) is 25.2. The maximum absolute atomic E-state index is 13.4. The zero-order chi connectivity index (χ0) is 48.2. The van der Waals surface area contributed by atoms with Crippen LogP contribution in [0.4, 0.5) is 11.6 Å². The molecular formula is C52H62Cl2N10O5. The van der Waals surface area contributed by atoms with E-state index in [0.29, 0.717) is 47.3 Å². The van der Waals surface area contributed by atoms with Crippen molar-refractivity contribution in [1.29, 1.82) is 0 Å². The highest BCUT2D eigenvalue weighted by Gasteiger charge is 2.33. The Labute approximate surface area is 414 Å². The molecular weight excluding hydrogens is 916 g/mol. The fourth-order valence-corrected chi connectivity index (χ4v) is 11.1. The average Bonchev–Trinajstić information content (AvgIpc) is 3.62. The summed E-state index contributed by atoms with van der Waals surface area (Å²) in [5.74, 6) is 2.14. The first kappa shape index (κ1) is 48.5. The molecule has 69 heavy (non-hydrogen) atoms. The number of ether oxygens (including phenoxy) is 2. The molecule has 4 aliphatic heterocycles. The number of rotatable bonds is 15. The van der Waals surface area contributed by atoms with Crippen LogP contribution in [0.15, 0.2) is 71.7 Å². The van der Waals surface area contributed by atoms with E-state index in [1.807, 2.05) is 60.8 Å². The van der Waals surface area contributed by atoms with Gasteiger partial charge in [-0.15, -0.1) is 11.6 Å².